The minimum absolute atomic E-state index is 0.0902. The zero-order chi connectivity index (χ0) is 15.2. The number of halogens is 1. The Morgan fingerprint density at radius 3 is 2.90 bits per heavy atom. The molecule has 3 rings (SSSR count). The second-order valence-electron chi connectivity index (χ2n) is 6.63. The summed E-state index contributed by atoms with van der Waals surface area (Å²) in [4.78, 5) is 14.2. The molecule has 2 aliphatic rings. The van der Waals surface area contributed by atoms with Gasteiger partial charge in [-0.3, -0.25) is 0 Å². The maximum absolute atomic E-state index is 12.3. The van der Waals surface area contributed by atoms with Crippen molar-refractivity contribution in [1.82, 2.24) is 4.90 Å². The van der Waals surface area contributed by atoms with Crippen LogP contribution in [-0.2, 0) is 4.74 Å². The first kappa shape index (κ1) is 14.9. The highest BCUT2D eigenvalue weighted by Gasteiger charge is 2.43. The molecule has 4 nitrogen and oxygen atoms in total. The third-order valence-electron chi connectivity index (χ3n) is 3.96. The van der Waals surface area contributed by atoms with E-state index in [9.17, 15) is 4.79 Å². The highest BCUT2D eigenvalue weighted by molar-refractivity contribution is 14.1. The van der Waals surface area contributed by atoms with E-state index < -0.39 is 5.60 Å². The molecular weight excluding hydrogens is 381 g/mol. The molecule has 2 aliphatic heterocycles. The summed E-state index contributed by atoms with van der Waals surface area (Å²) < 4.78 is 12.6. The van der Waals surface area contributed by atoms with Gasteiger partial charge in [0.2, 0.25) is 0 Å². The standard InChI is InChI=1S/C16H20INO3/c1-16(2,3)21-15(19)18-7-6-11-12-5-4-10(17)8-14(12)20-9-13(11)18/h4-5,8,11,13H,6-7,9H2,1-3H3. The summed E-state index contributed by atoms with van der Waals surface area (Å²) >= 11 is 2.29. The summed E-state index contributed by atoms with van der Waals surface area (Å²) in [6, 6.07) is 6.39. The molecular formula is C16H20INO3. The predicted octanol–water partition coefficient (Wildman–Crippen LogP) is 3.78. The van der Waals surface area contributed by atoms with Gasteiger partial charge in [0.25, 0.3) is 0 Å². The molecule has 1 saturated heterocycles. The van der Waals surface area contributed by atoms with Gasteiger partial charge in [-0.25, -0.2) is 4.79 Å². The van der Waals surface area contributed by atoms with E-state index in [0.29, 0.717) is 12.5 Å². The molecule has 5 heteroatoms. The highest BCUT2D eigenvalue weighted by atomic mass is 127. The van der Waals surface area contributed by atoms with Crippen molar-refractivity contribution in [3.05, 3.63) is 27.3 Å². The molecule has 0 N–H and O–H groups in total. The second-order valence-corrected chi connectivity index (χ2v) is 7.88. The van der Waals surface area contributed by atoms with E-state index in [4.69, 9.17) is 9.47 Å². The number of amides is 1. The van der Waals surface area contributed by atoms with Crippen molar-refractivity contribution >= 4 is 28.7 Å². The fourth-order valence-corrected chi connectivity index (χ4v) is 3.55. The number of hydrogen-bond acceptors (Lipinski definition) is 3. The lowest BCUT2D eigenvalue weighted by Crippen LogP contribution is -2.45. The second kappa shape index (κ2) is 5.34. The molecule has 0 radical (unpaired) electrons. The van der Waals surface area contributed by atoms with Gasteiger partial charge in [-0.05, 0) is 67.5 Å². The number of nitrogens with zero attached hydrogens (tertiary/aromatic N) is 1. The van der Waals surface area contributed by atoms with Crippen molar-refractivity contribution in [2.45, 2.75) is 44.8 Å². The van der Waals surface area contributed by atoms with Crippen molar-refractivity contribution in [2.24, 2.45) is 0 Å². The molecule has 0 aromatic heterocycles. The summed E-state index contributed by atoms with van der Waals surface area (Å²) in [5, 5.41) is 0. The number of fused-ring (bicyclic) bond motifs is 3. The Morgan fingerprint density at radius 1 is 1.43 bits per heavy atom. The van der Waals surface area contributed by atoms with Crippen LogP contribution in [0.1, 0.15) is 38.7 Å². The van der Waals surface area contributed by atoms with Crippen LogP contribution in [0.15, 0.2) is 18.2 Å². The zero-order valence-corrected chi connectivity index (χ0v) is 14.7. The molecule has 2 atom stereocenters. The highest BCUT2D eigenvalue weighted by Crippen LogP contribution is 2.42. The maximum atomic E-state index is 12.3. The zero-order valence-electron chi connectivity index (χ0n) is 12.6. The average Bonchev–Trinajstić information content (AvgIpc) is 2.80. The predicted molar refractivity (Wildman–Crippen MR) is 88.7 cm³/mol. The number of hydrogen-bond donors (Lipinski definition) is 0. The van der Waals surface area contributed by atoms with E-state index >= 15 is 0 Å². The van der Waals surface area contributed by atoms with Gasteiger partial charge in [0.05, 0.1) is 6.04 Å². The van der Waals surface area contributed by atoms with Crippen molar-refractivity contribution in [2.75, 3.05) is 13.2 Å². The molecule has 1 aromatic rings. The average molecular weight is 401 g/mol. The lowest BCUT2D eigenvalue weighted by atomic mass is 9.89. The number of benzene rings is 1. The minimum atomic E-state index is -0.460. The van der Waals surface area contributed by atoms with Crippen molar-refractivity contribution in [3.8, 4) is 5.75 Å². The lowest BCUT2D eigenvalue weighted by molar-refractivity contribution is 0.0164. The molecule has 2 heterocycles. The molecule has 0 aliphatic carbocycles. The third kappa shape index (κ3) is 2.98. The van der Waals surface area contributed by atoms with Crippen LogP contribution in [0.5, 0.6) is 5.75 Å². The summed E-state index contributed by atoms with van der Waals surface area (Å²) in [6.45, 7) is 6.98. The lowest BCUT2D eigenvalue weighted by Gasteiger charge is -2.34. The Balaban J connectivity index is 1.80. The summed E-state index contributed by atoms with van der Waals surface area (Å²) in [7, 11) is 0. The number of carbonyl (C=O) groups is 1. The van der Waals surface area contributed by atoms with E-state index in [1.165, 1.54) is 9.13 Å². The largest absolute Gasteiger partial charge is 0.491 e. The van der Waals surface area contributed by atoms with Crippen LogP contribution in [0, 0.1) is 3.57 Å². The Hall–Kier alpha value is -0.980. The molecule has 0 saturated carbocycles. The summed E-state index contributed by atoms with van der Waals surface area (Å²) in [6.07, 6.45) is 0.744. The first-order valence-corrected chi connectivity index (χ1v) is 8.35. The van der Waals surface area contributed by atoms with E-state index in [-0.39, 0.29) is 12.1 Å². The van der Waals surface area contributed by atoms with Crippen LogP contribution >= 0.6 is 22.6 Å². The quantitative estimate of drug-likeness (QED) is 0.622. The SMILES string of the molecule is CC(C)(C)OC(=O)N1CCC2c3ccc(I)cc3OCC21. The topological polar surface area (TPSA) is 38.8 Å². The van der Waals surface area contributed by atoms with Crippen LogP contribution in [0.2, 0.25) is 0 Å². The van der Waals surface area contributed by atoms with Crippen LogP contribution in [-0.4, -0.2) is 35.8 Å². The van der Waals surface area contributed by atoms with Crippen LogP contribution < -0.4 is 4.74 Å². The molecule has 1 fully saturated rings. The van der Waals surface area contributed by atoms with Gasteiger partial charge in [0.1, 0.15) is 18.0 Å². The number of rotatable bonds is 0. The number of ether oxygens (including phenoxy) is 2. The summed E-state index contributed by atoms with van der Waals surface area (Å²) in [5.41, 5.74) is 0.761. The van der Waals surface area contributed by atoms with Gasteiger partial charge < -0.3 is 14.4 Å². The van der Waals surface area contributed by atoms with Crippen molar-refractivity contribution < 1.29 is 14.3 Å². The van der Waals surface area contributed by atoms with Crippen LogP contribution in [0.4, 0.5) is 4.79 Å². The Bertz CT molecular complexity index is 567. The molecule has 0 spiro atoms. The number of likely N-dealkylation sites (tertiary alicyclic amines) is 1. The molecule has 114 valence electrons. The molecule has 2 unspecified atom stereocenters. The molecule has 0 bridgehead atoms. The molecule has 1 aromatic carbocycles. The Labute approximate surface area is 138 Å². The first-order valence-electron chi connectivity index (χ1n) is 7.27. The fraction of sp³-hybridized carbons (Fsp3) is 0.562. The van der Waals surface area contributed by atoms with Gasteiger partial charge in [-0.1, -0.05) is 6.07 Å². The van der Waals surface area contributed by atoms with Gasteiger partial charge in [-0.2, -0.15) is 0 Å². The van der Waals surface area contributed by atoms with Gasteiger partial charge in [0, 0.05) is 16.0 Å². The van der Waals surface area contributed by atoms with Crippen LogP contribution in [0.3, 0.4) is 0 Å². The van der Waals surface area contributed by atoms with Crippen molar-refractivity contribution in [1.29, 1.82) is 0 Å². The van der Waals surface area contributed by atoms with Gasteiger partial charge in [0.15, 0.2) is 0 Å². The first-order chi connectivity index (χ1) is 9.85. The van der Waals surface area contributed by atoms with Crippen molar-refractivity contribution in [3.63, 3.8) is 0 Å². The Morgan fingerprint density at radius 2 is 2.19 bits per heavy atom. The monoisotopic (exact) mass is 401 g/mol. The Kier molecular flexibility index (Phi) is 3.80. The van der Waals surface area contributed by atoms with Gasteiger partial charge in [-0.15, -0.1) is 0 Å². The maximum Gasteiger partial charge on any atom is 0.410 e. The minimum Gasteiger partial charge on any atom is -0.491 e. The van der Waals surface area contributed by atoms with Crippen LogP contribution in [0.25, 0.3) is 0 Å². The summed E-state index contributed by atoms with van der Waals surface area (Å²) in [5.74, 6) is 1.33. The normalized spacial score (nSPS) is 24.1. The van der Waals surface area contributed by atoms with E-state index in [0.717, 1.165) is 18.7 Å². The molecule has 1 amide bonds. The van der Waals surface area contributed by atoms with E-state index in [1.807, 2.05) is 25.7 Å². The van der Waals surface area contributed by atoms with E-state index in [2.05, 4.69) is 40.8 Å². The molecule has 21 heavy (non-hydrogen) atoms. The number of carbonyl (C=O) groups excluding carboxylic acids is 1. The van der Waals surface area contributed by atoms with E-state index in [1.54, 1.807) is 0 Å². The fourth-order valence-electron chi connectivity index (χ4n) is 3.08. The van der Waals surface area contributed by atoms with Gasteiger partial charge >= 0.3 is 6.09 Å². The third-order valence-corrected chi connectivity index (χ3v) is 4.63. The smallest absolute Gasteiger partial charge is 0.410 e.